The van der Waals surface area contributed by atoms with E-state index in [-0.39, 0.29) is 36.6 Å². The maximum absolute atomic E-state index is 13.6. The van der Waals surface area contributed by atoms with Crippen molar-refractivity contribution in [2.24, 2.45) is 5.73 Å². The molecule has 0 aromatic heterocycles. The molecule has 1 atom stereocenters. The molecule has 4 nitrogen and oxygen atoms in total. The highest BCUT2D eigenvalue weighted by Crippen LogP contribution is 2.24. The van der Waals surface area contributed by atoms with Gasteiger partial charge in [-0.15, -0.1) is 0 Å². The summed E-state index contributed by atoms with van der Waals surface area (Å²) in [7, 11) is 1.41. The van der Waals surface area contributed by atoms with Gasteiger partial charge in [-0.3, -0.25) is 4.79 Å². The second kappa shape index (κ2) is 7.09. The molecule has 1 rings (SSSR count). The van der Waals surface area contributed by atoms with Crippen molar-refractivity contribution in [2.45, 2.75) is 32.2 Å². The largest absolute Gasteiger partial charge is 0.494 e. The molecule has 0 saturated carbocycles. The first-order valence-electron chi connectivity index (χ1n) is 6.30. The number of halogens is 1. The minimum atomic E-state index is -0.442. The van der Waals surface area contributed by atoms with Gasteiger partial charge in [0.15, 0.2) is 11.6 Å². The molecular weight excluding hydrogens is 247 g/mol. The van der Waals surface area contributed by atoms with E-state index in [1.807, 2.05) is 13.8 Å². The molecule has 19 heavy (non-hydrogen) atoms. The number of rotatable bonds is 6. The first-order chi connectivity index (χ1) is 8.97. The van der Waals surface area contributed by atoms with Crippen molar-refractivity contribution >= 4 is 5.91 Å². The van der Waals surface area contributed by atoms with E-state index in [1.165, 1.54) is 13.2 Å². The molecule has 0 heterocycles. The summed E-state index contributed by atoms with van der Waals surface area (Å²) in [5.41, 5.74) is 6.38. The van der Waals surface area contributed by atoms with Gasteiger partial charge in [-0.2, -0.15) is 0 Å². The Labute approximate surface area is 113 Å². The van der Waals surface area contributed by atoms with E-state index in [4.69, 9.17) is 10.5 Å². The number of hydrogen-bond acceptors (Lipinski definition) is 3. The number of ether oxygens (including phenoxy) is 1. The normalized spacial score (nSPS) is 12.3. The fraction of sp³-hybridized carbons (Fsp3) is 0.500. The van der Waals surface area contributed by atoms with E-state index < -0.39 is 5.82 Å². The van der Waals surface area contributed by atoms with Gasteiger partial charge in [-0.25, -0.2) is 4.39 Å². The molecule has 0 spiro atoms. The Morgan fingerprint density at radius 3 is 2.63 bits per heavy atom. The number of methoxy groups -OCH3 is 1. The van der Waals surface area contributed by atoms with Crippen LogP contribution in [-0.2, 0) is 4.79 Å². The van der Waals surface area contributed by atoms with Gasteiger partial charge in [0.2, 0.25) is 5.91 Å². The molecule has 0 aliphatic carbocycles. The zero-order valence-electron chi connectivity index (χ0n) is 11.6. The first kappa shape index (κ1) is 15.4. The summed E-state index contributed by atoms with van der Waals surface area (Å²) in [5, 5.41) is 2.80. The van der Waals surface area contributed by atoms with Gasteiger partial charge in [0.1, 0.15) is 0 Å². The van der Waals surface area contributed by atoms with Crippen molar-refractivity contribution in [3.8, 4) is 5.75 Å². The number of carbonyl (C=O) groups excluding carboxylic acids is 1. The summed E-state index contributed by atoms with van der Waals surface area (Å²) in [5.74, 6) is -0.533. The Hall–Kier alpha value is -1.62. The predicted octanol–water partition coefficient (Wildman–Crippen LogP) is 1.79. The third-order valence-corrected chi connectivity index (χ3v) is 2.81. The molecule has 1 unspecified atom stereocenters. The highest BCUT2D eigenvalue weighted by atomic mass is 19.1. The Bertz CT molecular complexity index is 435. The maximum Gasteiger partial charge on any atom is 0.220 e. The topological polar surface area (TPSA) is 64.3 Å². The van der Waals surface area contributed by atoms with Crippen LogP contribution in [0.15, 0.2) is 18.2 Å². The fourth-order valence-corrected chi connectivity index (χ4v) is 1.88. The average molecular weight is 268 g/mol. The van der Waals surface area contributed by atoms with Crippen LogP contribution in [-0.4, -0.2) is 25.6 Å². The molecule has 0 radical (unpaired) electrons. The van der Waals surface area contributed by atoms with Crippen molar-refractivity contribution in [3.63, 3.8) is 0 Å². The van der Waals surface area contributed by atoms with Gasteiger partial charge in [0, 0.05) is 18.4 Å². The number of hydrogen-bond donors (Lipinski definition) is 2. The van der Waals surface area contributed by atoms with E-state index in [0.717, 1.165) is 0 Å². The van der Waals surface area contributed by atoms with Crippen LogP contribution in [0.5, 0.6) is 5.75 Å². The van der Waals surface area contributed by atoms with Crippen LogP contribution in [0.25, 0.3) is 0 Å². The molecule has 0 bridgehead atoms. The van der Waals surface area contributed by atoms with Gasteiger partial charge in [0.25, 0.3) is 0 Å². The molecule has 0 aliphatic heterocycles. The molecule has 0 saturated heterocycles. The lowest BCUT2D eigenvalue weighted by molar-refractivity contribution is -0.121. The molecule has 1 aromatic rings. The SMILES string of the molecule is COc1ccc(C(CN)CC(=O)NC(C)C)cc1F. The monoisotopic (exact) mass is 268 g/mol. The lowest BCUT2D eigenvalue weighted by atomic mass is 9.95. The molecular formula is C14H21FN2O2. The summed E-state index contributed by atoms with van der Waals surface area (Å²) < 4.78 is 18.5. The van der Waals surface area contributed by atoms with Crippen molar-refractivity contribution in [1.29, 1.82) is 0 Å². The highest BCUT2D eigenvalue weighted by Gasteiger charge is 2.17. The number of carbonyl (C=O) groups is 1. The fourth-order valence-electron chi connectivity index (χ4n) is 1.88. The van der Waals surface area contributed by atoms with Gasteiger partial charge in [-0.1, -0.05) is 6.07 Å². The number of nitrogens with two attached hydrogens (primary N) is 1. The molecule has 106 valence electrons. The zero-order valence-corrected chi connectivity index (χ0v) is 11.6. The van der Waals surface area contributed by atoms with E-state index in [0.29, 0.717) is 5.56 Å². The first-order valence-corrected chi connectivity index (χ1v) is 6.30. The van der Waals surface area contributed by atoms with Crippen LogP contribution < -0.4 is 15.8 Å². The molecule has 1 aromatic carbocycles. The van der Waals surface area contributed by atoms with Crippen LogP contribution in [0.2, 0.25) is 0 Å². The molecule has 0 aliphatic rings. The Morgan fingerprint density at radius 2 is 2.16 bits per heavy atom. The van der Waals surface area contributed by atoms with Crippen molar-refractivity contribution in [3.05, 3.63) is 29.6 Å². The molecule has 3 N–H and O–H groups in total. The molecule has 5 heteroatoms. The smallest absolute Gasteiger partial charge is 0.220 e. The van der Waals surface area contributed by atoms with Gasteiger partial charge in [0.05, 0.1) is 7.11 Å². The Morgan fingerprint density at radius 1 is 1.47 bits per heavy atom. The second-order valence-electron chi connectivity index (χ2n) is 4.75. The predicted molar refractivity (Wildman–Crippen MR) is 72.6 cm³/mol. The zero-order chi connectivity index (χ0) is 14.4. The molecule has 1 amide bonds. The summed E-state index contributed by atoms with van der Waals surface area (Å²) in [6.07, 6.45) is 0.250. The highest BCUT2D eigenvalue weighted by molar-refractivity contribution is 5.77. The van der Waals surface area contributed by atoms with E-state index in [2.05, 4.69) is 5.32 Å². The van der Waals surface area contributed by atoms with Crippen molar-refractivity contribution in [1.82, 2.24) is 5.32 Å². The van der Waals surface area contributed by atoms with E-state index in [1.54, 1.807) is 12.1 Å². The van der Waals surface area contributed by atoms with Crippen LogP contribution >= 0.6 is 0 Å². The standard InChI is InChI=1S/C14H21FN2O2/c1-9(2)17-14(18)7-11(8-16)10-4-5-13(19-3)12(15)6-10/h4-6,9,11H,7-8,16H2,1-3H3,(H,17,18). The van der Waals surface area contributed by atoms with Crippen LogP contribution in [0, 0.1) is 5.82 Å². The Balaban J connectivity index is 2.79. The number of nitrogens with one attached hydrogen (secondary N) is 1. The lowest BCUT2D eigenvalue weighted by Crippen LogP contribution is -2.32. The van der Waals surface area contributed by atoms with Crippen LogP contribution in [0.1, 0.15) is 31.7 Å². The van der Waals surface area contributed by atoms with Gasteiger partial charge < -0.3 is 15.8 Å². The third-order valence-electron chi connectivity index (χ3n) is 2.81. The quantitative estimate of drug-likeness (QED) is 0.826. The Kier molecular flexibility index (Phi) is 5.76. The number of amides is 1. The number of benzene rings is 1. The molecule has 0 fully saturated rings. The van der Waals surface area contributed by atoms with Crippen LogP contribution in [0.4, 0.5) is 4.39 Å². The summed E-state index contributed by atoms with van der Waals surface area (Å²) >= 11 is 0. The third kappa shape index (κ3) is 4.52. The van der Waals surface area contributed by atoms with Crippen molar-refractivity contribution < 1.29 is 13.9 Å². The van der Waals surface area contributed by atoms with Crippen molar-refractivity contribution in [2.75, 3.05) is 13.7 Å². The van der Waals surface area contributed by atoms with Gasteiger partial charge >= 0.3 is 0 Å². The van der Waals surface area contributed by atoms with Gasteiger partial charge in [-0.05, 0) is 38.1 Å². The van der Waals surface area contributed by atoms with E-state index in [9.17, 15) is 9.18 Å². The minimum absolute atomic E-state index is 0.0818. The summed E-state index contributed by atoms with van der Waals surface area (Å²) in [6, 6.07) is 4.74. The lowest BCUT2D eigenvalue weighted by Gasteiger charge is -2.17. The summed E-state index contributed by atoms with van der Waals surface area (Å²) in [6.45, 7) is 4.07. The average Bonchev–Trinajstić information content (AvgIpc) is 2.35. The minimum Gasteiger partial charge on any atom is -0.494 e. The van der Waals surface area contributed by atoms with Crippen LogP contribution in [0.3, 0.4) is 0 Å². The van der Waals surface area contributed by atoms with E-state index >= 15 is 0 Å². The maximum atomic E-state index is 13.6. The second-order valence-corrected chi connectivity index (χ2v) is 4.75. The summed E-state index contributed by atoms with van der Waals surface area (Å²) in [4.78, 5) is 11.7.